The highest BCUT2D eigenvalue weighted by Crippen LogP contribution is 2.37. The molecule has 0 bridgehead atoms. The Balaban J connectivity index is 1.42. The van der Waals surface area contributed by atoms with Crippen molar-refractivity contribution in [3.8, 4) is 0 Å². The van der Waals surface area contributed by atoms with Gasteiger partial charge in [-0.25, -0.2) is 8.42 Å². The maximum absolute atomic E-state index is 13.2. The second kappa shape index (κ2) is 8.96. The second-order valence-corrected chi connectivity index (χ2v) is 10.3. The number of nitrogens with one attached hydrogen (secondary N) is 1. The predicted octanol–water partition coefficient (Wildman–Crippen LogP) is 4.42. The maximum Gasteiger partial charge on any atom is 0.260 e. The molecule has 3 heterocycles. The van der Waals surface area contributed by atoms with Gasteiger partial charge in [0.05, 0.1) is 16.8 Å². The van der Waals surface area contributed by atoms with Crippen molar-refractivity contribution in [1.82, 2.24) is 9.29 Å². The number of carbonyl (C=O) groups excluding carboxylic acids is 1. The minimum atomic E-state index is -3.51. The number of sulfonamides is 1. The monoisotopic (exact) mass is 462 g/mol. The highest BCUT2D eigenvalue weighted by molar-refractivity contribution is 7.89. The fraction of sp³-hybridized carbons (Fsp3) is 0.280. The number of rotatable bonds is 5. The van der Waals surface area contributed by atoms with E-state index in [2.05, 4.69) is 10.3 Å². The third-order valence-corrected chi connectivity index (χ3v) is 8.16. The molecule has 5 rings (SSSR count). The molecule has 1 N–H and O–H groups in total. The number of fused-ring (bicyclic) bond motifs is 1. The van der Waals surface area contributed by atoms with Crippen LogP contribution in [0.4, 0.5) is 11.4 Å². The van der Waals surface area contributed by atoms with Crippen LogP contribution in [0.5, 0.6) is 0 Å². The van der Waals surface area contributed by atoms with Gasteiger partial charge < -0.3 is 5.32 Å². The molecule has 7 nitrogen and oxygen atoms in total. The van der Waals surface area contributed by atoms with Crippen LogP contribution in [0.3, 0.4) is 0 Å². The molecule has 0 saturated carbocycles. The molecule has 2 aliphatic rings. The molecule has 1 atom stereocenters. The van der Waals surface area contributed by atoms with Crippen molar-refractivity contribution in [1.29, 1.82) is 0 Å². The summed E-state index contributed by atoms with van der Waals surface area (Å²) in [6, 6.07) is 18.0. The maximum atomic E-state index is 13.2. The Morgan fingerprint density at radius 1 is 0.879 bits per heavy atom. The first-order valence-electron chi connectivity index (χ1n) is 11.2. The molecule has 0 unspecified atom stereocenters. The van der Waals surface area contributed by atoms with Crippen LogP contribution in [0.15, 0.2) is 78.0 Å². The average Bonchev–Trinajstić information content (AvgIpc) is 3.01. The third-order valence-electron chi connectivity index (χ3n) is 6.25. The lowest BCUT2D eigenvalue weighted by Gasteiger charge is -2.27. The van der Waals surface area contributed by atoms with E-state index >= 15 is 0 Å². The first kappa shape index (κ1) is 21.6. The Bertz CT molecular complexity index is 1240. The summed E-state index contributed by atoms with van der Waals surface area (Å²) in [6.07, 6.45) is 6.86. The van der Waals surface area contributed by atoms with Gasteiger partial charge in [-0.3, -0.25) is 14.7 Å². The Kier molecular flexibility index (Phi) is 5.86. The quantitative estimate of drug-likeness (QED) is 0.607. The zero-order chi connectivity index (χ0) is 22.8. The molecule has 2 aromatic carbocycles. The molecule has 2 aliphatic heterocycles. The normalized spacial score (nSPS) is 19.2. The van der Waals surface area contributed by atoms with Gasteiger partial charge in [-0.15, -0.1) is 0 Å². The second-order valence-electron chi connectivity index (χ2n) is 8.36. The van der Waals surface area contributed by atoms with Crippen LogP contribution in [-0.2, 0) is 10.0 Å². The van der Waals surface area contributed by atoms with Crippen LogP contribution in [0.2, 0.25) is 0 Å². The highest BCUT2D eigenvalue weighted by Gasteiger charge is 2.37. The van der Waals surface area contributed by atoms with Crippen LogP contribution in [0.25, 0.3) is 0 Å². The summed E-state index contributed by atoms with van der Waals surface area (Å²) < 4.78 is 27.8. The van der Waals surface area contributed by atoms with E-state index in [0.29, 0.717) is 29.2 Å². The number of aromatic nitrogens is 1. The molecule has 3 aromatic rings. The highest BCUT2D eigenvalue weighted by atomic mass is 32.2. The molecule has 0 radical (unpaired) electrons. The minimum Gasteiger partial charge on any atom is -0.361 e. The number of carbonyl (C=O) groups is 1. The van der Waals surface area contributed by atoms with E-state index in [1.165, 1.54) is 0 Å². The summed E-state index contributed by atoms with van der Waals surface area (Å²) in [6.45, 7) is 1.15. The smallest absolute Gasteiger partial charge is 0.260 e. The van der Waals surface area contributed by atoms with Crippen molar-refractivity contribution in [3.05, 3.63) is 84.2 Å². The van der Waals surface area contributed by atoms with Gasteiger partial charge in [0.25, 0.3) is 5.91 Å². The van der Waals surface area contributed by atoms with Gasteiger partial charge in [-0.1, -0.05) is 31.0 Å². The van der Waals surface area contributed by atoms with Crippen LogP contribution in [-0.4, -0.2) is 36.7 Å². The Morgan fingerprint density at radius 2 is 1.61 bits per heavy atom. The number of benzene rings is 2. The van der Waals surface area contributed by atoms with Gasteiger partial charge in [0, 0.05) is 36.1 Å². The van der Waals surface area contributed by atoms with Gasteiger partial charge in [0.2, 0.25) is 10.0 Å². The number of nitrogens with zero attached hydrogens (tertiary/aromatic N) is 3. The molecule has 0 spiro atoms. The van der Waals surface area contributed by atoms with E-state index in [4.69, 9.17) is 0 Å². The van der Waals surface area contributed by atoms with E-state index in [1.54, 1.807) is 51.9 Å². The Labute approximate surface area is 194 Å². The predicted molar refractivity (Wildman–Crippen MR) is 128 cm³/mol. The minimum absolute atomic E-state index is 0.100. The van der Waals surface area contributed by atoms with E-state index in [-0.39, 0.29) is 5.91 Å². The molecule has 1 amide bonds. The number of hydrogen-bond donors (Lipinski definition) is 1. The first-order chi connectivity index (χ1) is 16.1. The third kappa shape index (κ3) is 4.12. The van der Waals surface area contributed by atoms with E-state index in [0.717, 1.165) is 36.9 Å². The Hall–Kier alpha value is -3.23. The molecule has 1 fully saturated rings. The van der Waals surface area contributed by atoms with Gasteiger partial charge in [0.15, 0.2) is 0 Å². The number of pyridine rings is 1. The molecule has 170 valence electrons. The van der Waals surface area contributed by atoms with Gasteiger partial charge in [0.1, 0.15) is 6.17 Å². The van der Waals surface area contributed by atoms with Crippen molar-refractivity contribution < 1.29 is 13.2 Å². The molecule has 1 saturated heterocycles. The van der Waals surface area contributed by atoms with E-state index < -0.39 is 16.2 Å². The van der Waals surface area contributed by atoms with Crippen molar-refractivity contribution in [2.45, 2.75) is 36.7 Å². The standard InChI is InChI=1S/C25H26N4O3S/c30-25-23-10-4-3-9-22(23)24(29(25)20-8-7-15-26-18-20)27-19-11-13-21(14-12-19)33(31,32)28-16-5-1-2-6-17-28/h3-4,7-15,18,24,27H,1-2,5-6,16-17H2/t24-/m0/s1. The lowest BCUT2D eigenvalue weighted by atomic mass is 10.1. The fourth-order valence-corrected chi connectivity index (χ4v) is 6.05. The number of amides is 1. The first-order valence-corrected chi connectivity index (χ1v) is 12.7. The molecule has 1 aromatic heterocycles. The fourth-order valence-electron chi connectivity index (χ4n) is 4.53. The van der Waals surface area contributed by atoms with Crippen LogP contribution < -0.4 is 10.2 Å². The molecule has 0 aliphatic carbocycles. The average molecular weight is 463 g/mol. The van der Waals surface area contributed by atoms with Crippen LogP contribution in [0, 0.1) is 0 Å². The summed E-state index contributed by atoms with van der Waals surface area (Å²) in [5.41, 5.74) is 2.93. The zero-order valence-electron chi connectivity index (χ0n) is 18.2. The molecule has 8 heteroatoms. The van der Waals surface area contributed by atoms with E-state index in [1.807, 2.05) is 30.3 Å². The largest absolute Gasteiger partial charge is 0.361 e. The summed E-state index contributed by atoms with van der Waals surface area (Å²) in [4.78, 5) is 19.3. The summed E-state index contributed by atoms with van der Waals surface area (Å²) >= 11 is 0. The topological polar surface area (TPSA) is 82.6 Å². The van der Waals surface area contributed by atoms with Gasteiger partial charge in [-0.2, -0.15) is 4.31 Å². The van der Waals surface area contributed by atoms with Crippen molar-refractivity contribution >= 4 is 27.3 Å². The SMILES string of the molecule is O=C1c2ccccc2[C@@H](Nc2ccc(S(=O)(=O)N3CCCCCC3)cc2)N1c1cccnc1. The summed E-state index contributed by atoms with van der Waals surface area (Å²) in [5.74, 6) is -0.100. The van der Waals surface area contributed by atoms with Crippen molar-refractivity contribution in [2.24, 2.45) is 0 Å². The van der Waals surface area contributed by atoms with Crippen LogP contribution in [0.1, 0.15) is 47.8 Å². The van der Waals surface area contributed by atoms with Gasteiger partial charge >= 0.3 is 0 Å². The summed E-state index contributed by atoms with van der Waals surface area (Å²) in [5, 5.41) is 3.41. The Morgan fingerprint density at radius 3 is 2.30 bits per heavy atom. The summed E-state index contributed by atoms with van der Waals surface area (Å²) in [7, 11) is -3.51. The van der Waals surface area contributed by atoms with Crippen molar-refractivity contribution in [3.63, 3.8) is 0 Å². The van der Waals surface area contributed by atoms with Gasteiger partial charge in [-0.05, 0) is 55.3 Å². The molecular weight excluding hydrogens is 436 g/mol. The lowest BCUT2D eigenvalue weighted by molar-refractivity contribution is 0.0993. The number of hydrogen-bond acceptors (Lipinski definition) is 5. The number of anilines is 2. The molecule has 33 heavy (non-hydrogen) atoms. The van der Waals surface area contributed by atoms with Crippen molar-refractivity contribution in [2.75, 3.05) is 23.3 Å². The van der Waals surface area contributed by atoms with Crippen LogP contribution >= 0.6 is 0 Å². The lowest BCUT2D eigenvalue weighted by Crippen LogP contribution is -2.32. The van der Waals surface area contributed by atoms with E-state index in [9.17, 15) is 13.2 Å². The molecular formula is C25H26N4O3S. The zero-order valence-corrected chi connectivity index (χ0v) is 19.0.